The highest BCUT2D eigenvalue weighted by atomic mass is 19.1. The number of nitrogens with zero attached hydrogens (tertiary/aromatic N) is 3. The summed E-state index contributed by atoms with van der Waals surface area (Å²) in [6.45, 7) is 4.66. The monoisotopic (exact) mass is 382 g/mol. The second-order valence-electron chi connectivity index (χ2n) is 6.53. The SMILES string of the molecule is CC(C)N(Cc1ccccc1)c1ncc(C(=O)Nc2c(F)cccc2F)cn1. The van der Waals surface area contributed by atoms with Crippen LogP contribution in [0.15, 0.2) is 60.9 Å². The van der Waals surface area contributed by atoms with E-state index in [1.165, 1.54) is 18.5 Å². The number of para-hydroxylation sites is 1. The Labute approximate surface area is 162 Å². The smallest absolute Gasteiger partial charge is 0.258 e. The lowest BCUT2D eigenvalue weighted by Gasteiger charge is -2.26. The molecule has 1 aromatic heterocycles. The second kappa shape index (κ2) is 8.56. The van der Waals surface area contributed by atoms with E-state index in [-0.39, 0.29) is 11.6 Å². The third kappa shape index (κ3) is 4.49. The zero-order valence-electron chi connectivity index (χ0n) is 15.6. The predicted octanol–water partition coefficient (Wildman–Crippen LogP) is 4.42. The zero-order chi connectivity index (χ0) is 20.1. The topological polar surface area (TPSA) is 58.1 Å². The third-order valence-corrected chi connectivity index (χ3v) is 4.18. The molecule has 3 aromatic rings. The highest BCUT2D eigenvalue weighted by Crippen LogP contribution is 2.20. The van der Waals surface area contributed by atoms with Crippen molar-refractivity contribution in [1.29, 1.82) is 0 Å². The molecule has 0 fully saturated rings. The van der Waals surface area contributed by atoms with Crippen LogP contribution in [0.2, 0.25) is 0 Å². The number of nitrogens with one attached hydrogen (secondary N) is 1. The molecular weight excluding hydrogens is 362 g/mol. The van der Waals surface area contributed by atoms with Gasteiger partial charge in [-0.25, -0.2) is 18.7 Å². The van der Waals surface area contributed by atoms with Crippen molar-refractivity contribution in [2.24, 2.45) is 0 Å². The van der Waals surface area contributed by atoms with E-state index in [1.807, 2.05) is 49.1 Å². The normalized spacial score (nSPS) is 10.8. The van der Waals surface area contributed by atoms with Gasteiger partial charge in [0.05, 0.1) is 5.56 Å². The average Bonchev–Trinajstić information content (AvgIpc) is 2.69. The molecule has 0 saturated heterocycles. The standard InChI is InChI=1S/C21H20F2N4O/c1-14(2)27(13-15-7-4-3-5-8-15)21-24-11-16(12-25-21)20(28)26-19-17(22)9-6-10-18(19)23/h3-12,14H,13H2,1-2H3,(H,26,28). The van der Waals surface area contributed by atoms with E-state index in [0.29, 0.717) is 12.5 Å². The molecule has 0 bridgehead atoms. The lowest BCUT2D eigenvalue weighted by atomic mass is 10.2. The number of benzene rings is 2. The molecule has 0 unspecified atom stereocenters. The molecule has 28 heavy (non-hydrogen) atoms. The first-order chi connectivity index (χ1) is 13.5. The maximum Gasteiger partial charge on any atom is 0.258 e. The highest BCUT2D eigenvalue weighted by Gasteiger charge is 2.17. The number of carbonyl (C=O) groups excluding carboxylic acids is 1. The van der Waals surface area contributed by atoms with E-state index >= 15 is 0 Å². The maximum atomic E-state index is 13.7. The molecule has 0 radical (unpaired) electrons. The number of halogens is 2. The van der Waals surface area contributed by atoms with Gasteiger partial charge in [0.25, 0.3) is 5.91 Å². The van der Waals surface area contributed by atoms with Crippen molar-refractivity contribution >= 4 is 17.5 Å². The lowest BCUT2D eigenvalue weighted by molar-refractivity contribution is 0.102. The van der Waals surface area contributed by atoms with Crippen LogP contribution in [0.3, 0.4) is 0 Å². The molecule has 1 heterocycles. The first-order valence-corrected chi connectivity index (χ1v) is 8.83. The van der Waals surface area contributed by atoms with Crippen molar-refractivity contribution < 1.29 is 13.6 Å². The van der Waals surface area contributed by atoms with Gasteiger partial charge in [0, 0.05) is 25.0 Å². The Bertz CT molecular complexity index is 926. The zero-order valence-corrected chi connectivity index (χ0v) is 15.6. The fourth-order valence-corrected chi connectivity index (χ4v) is 2.65. The Morgan fingerprint density at radius 1 is 1.00 bits per heavy atom. The van der Waals surface area contributed by atoms with Gasteiger partial charge in [-0.2, -0.15) is 0 Å². The van der Waals surface area contributed by atoms with Crippen LogP contribution < -0.4 is 10.2 Å². The number of carbonyl (C=O) groups is 1. The average molecular weight is 382 g/mol. The number of hydrogen-bond donors (Lipinski definition) is 1. The van der Waals surface area contributed by atoms with Crippen LogP contribution in [0.1, 0.15) is 29.8 Å². The van der Waals surface area contributed by atoms with Crippen LogP contribution in [0, 0.1) is 11.6 Å². The van der Waals surface area contributed by atoms with Crippen molar-refractivity contribution in [3.8, 4) is 0 Å². The minimum Gasteiger partial charge on any atom is -0.334 e. The fourth-order valence-electron chi connectivity index (χ4n) is 2.65. The second-order valence-corrected chi connectivity index (χ2v) is 6.53. The Hall–Kier alpha value is -3.35. The predicted molar refractivity (Wildman–Crippen MR) is 104 cm³/mol. The summed E-state index contributed by atoms with van der Waals surface area (Å²) in [6.07, 6.45) is 2.69. The number of anilines is 2. The molecule has 1 N–H and O–H groups in total. The molecule has 144 valence electrons. The first-order valence-electron chi connectivity index (χ1n) is 8.83. The van der Waals surface area contributed by atoms with Crippen molar-refractivity contribution in [2.45, 2.75) is 26.4 Å². The summed E-state index contributed by atoms with van der Waals surface area (Å²) >= 11 is 0. The molecule has 3 rings (SSSR count). The van der Waals surface area contributed by atoms with Gasteiger partial charge in [-0.15, -0.1) is 0 Å². The van der Waals surface area contributed by atoms with Gasteiger partial charge < -0.3 is 10.2 Å². The molecular formula is C21H20F2N4O. The van der Waals surface area contributed by atoms with Gasteiger partial charge in [0.2, 0.25) is 5.95 Å². The Morgan fingerprint density at radius 3 is 2.18 bits per heavy atom. The van der Waals surface area contributed by atoms with Crippen LogP contribution >= 0.6 is 0 Å². The van der Waals surface area contributed by atoms with E-state index in [0.717, 1.165) is 17.7 Å². The molecule has 0 aliphatic carbocycles. The number of aromatic nitrogens is 2. The van der Waals surface area contributed by atoms with Crippen LogP contribution in [0.25, 0.3) is 0 Å². The fraction of sp³-hybridized carbons (Fsp3) is 0.190. The van der Waals surface area contributed by atoms with Crippen molar-refractivity contribution in [2.75, 3.05) is 10.2 Å². The third-order valence-electron chi connectivity index (χ3n) is 4.18. The van der Waals surface area contributed by atoms with Gasteiger partial charge >= 0.3 is 0 Å². The summed E-state index contributed by atoms with van der Waals surface area (Å²) in [5.41, 5.74) is 0.718. The molecule has 0 aliphatic heterocycles. The van der Waals surface area contributed by atoms with Crippen LogP contribution in [0.5, 0.6) is 0 Å². The molecule has 0 aliphatic rings. The Morgan fingerprint density at radius 2 is 1.61 bits per heavy atom. The molecule has 1 amide bonds. The van der Waals surface area contributed by atoms with E-state index in [9.17, 15) is 13.6 Å². The molecule has 0 spiro atoms. The lowest BCUT2D eigenvalue weighted by Crippen LogP contribution is -2.32. The molecule has 2 aromatic carbocycles. The van der Waals surface area contributed by atoms with E-state index in [1.54, 1.807) is 0 Å². The van der Waals surface area contributed by atoms with Crippen LogP contribution in [0.4, 0.5) is 20.4 Å². The summed E-state index contributed by atoms with van der Waals surface area (Å²) in [6, 6.07) is 13.4. The van der Waals surface area contributed by atoms with Gasteiger partial charge in [-0.05, 0) is 31.5 Å². The number of hydrogen-bond acceptors (Lipinski definition) is 4. The minimum absolute atomic E-state index is 0.106. The van der Waals surface area contributed by atoms with Crippen LogP contribution in [-0.4, -0.2) is 21.9 Å². The summed E-state index contributed by atoms with van der Waals surface area (Å²) in [7, 11) is 0. The van der Waals surface area contributed by atoms with Gasteiger partial charge in [0.15, 0.2) is 0 Å². The molecule has 0 saturated carbocycles. The van der Waals surface area contributed by atoms with Crippen LogP contribution in [-0.2, 0) is 6.54 Å². The number of amides is 1. The largest absolute Gasteiger partial charge is 0.334 e. The maximum absolute atomic E-state index is 13.7. The summed E-state index contributed by atoms with van der Waals surface area (Å²) < 4.78 is 27.4. The van der Waals surface area contributed by atoms with E-state index in [2.05, 4.69) is 15.3 Å². The Balaban J connectivity index is 1.77. The van der Waals surface area contributed by atoms with Crippen molar-refractivity contribution in [3.05, 3.63) is 83.7 Å². The molecule has 5 nitrogen and oxygen atoms in total. The van der Waals surface area contributed by atoms with E-state index in [4.69, 9.17) is 0 Å². The molecule has 7 heteroatoms. The first kappa shape index (κ1) is 19.4. The number of rotatable bonds is 6. The van der Waals surface area contributed by atoms with Gasteiger partial charge in [0.1, 0.15) is 17.3 Å². The van der Waals surface area contributed by atoms with Crippen molar-refractivity contribution in [1.82, 2.24) is 9.97 Å². The summed E-state index contributed by atoms with van der Waals surface area (Å²) in [4.78, 5) is 22.8. The summed E-state index contributed by atoms with van der Waals surface area (Å²) in [5.74, 6) is -1.92. The summed E-state index contributed by atoms with van der Waals surface area (Å²) in [5, 5.41) is 2.22. The quantitative estimate of drug-likeness (QED) is 0.686. The van der Waals surface area contributed by atoms with Crippen molar-refractivity contribution in [3.63, 3.8) is 0 Å². The highest BCUT2D eigenvalue weighted by molar-refractivity contribution is 6.04. The van der Waals surface area contributed by atoms with Gasteiger partial charge in [-0.1, -0.05) is 36.4 Å². The van der Waals surface area contributed by atoms with Gasteiger partial charge in [-0.3, -0.25) is 4.79 Å². The van der Waals surface area contributed by atoms with E-state index < -0.39 is 23.2 Å². The minimum atomic E-state index is -0.847. The Kier molecular flexibility index (Phi) is 5.93. The molecule has 0 atom stereocenters.